The fourth-order valence-electron chi connectivity index (χ4n) is 1.36. The number of nitriles is 1. The maximum absolute atomic E-state index is 11.2. The molecule has 0 saturated heterocycles. The third-order valence-corrected chi connectivity index (χ3v) is 2.17. The normalized spacial score (nSPS) is 9.44. The van der Waals surface area contributed by atoms with Gasteiger partial charge in [0, 0.05) is 6.42 Å². The van der Waals surface area contributed by atoms with E-state index in [0.717, 1.165) is 12.8 Å². The average Bonchev–Trinajstić information content (AvgIpc) is 2.31. The highest BCUT2D eigenvalue weighted by molar-refractivity contribution is 5.69. The Hall–Kier alpha value is -1.82. The lowest BCUT2D eigenvalue weighted by atomic mass is 10.1. The van der Waals surface area contributed by atoms with Gasteiger partial charge in [-0.3, -0.25) is 4.79 Å². The molecule has 0 aliphatic rings. The van der Waals surface area contributed by atoms with Crippen LogP contribution in [-0.4, -0.2) is 12.6 Å². The second-order valence-corrected chi connectivity index (χ2v) is 3.47. The number of nitrogens with zero attached hydrogens (tertiary/aromatic N) is 1. The molecule has 0 bridgehead atoms. The molecule has 0 unspecified atom stereocenters. The Balaban J connectivity index is 2.12. The molecule has 0 atom stereocenters. The molecule has 0 N–H and O–H groups in total. The average molecular weight is 217 g/mol. The fourth-order valence-corrected chi connectivity index (χ4v) is 1.36. The Kier molecular flexibility index (Phi) is 5.72. The molecule has 16 heavy (non-hydrogen) atoms. The molecule has 1 aromatic carbocycles. The minimum atomic E-state index is -0.216. The molecule has 0 radical (unpaired) electrons. The topological polar surface area (TPSA) is 50.1 Å². The maximum Gasteiger partial charge on any atom is 0.305 e. The van der Waals surface area contributed by atoms with E-state index in [1.165, 1.54) is 5.56 Å². The summed E-state index contributed by atoms with van der Waals surface area (Å²) in [4.78, 5) is 11.2. The van der Waals surface area contributed by atoms with E-state index in [9.17, 15) is 4.79 Å². The lowest BCUT2D eigenvalue weighted by molar-refractivity contribution is -0.143. The van der Waals surface area contributed by atoms with Gasteiger partial charge >= 0.3 is 5.97 Å². The van der Waals surface area contributed by atoms with Crippen molar-refractivity contribution in [3.63, 3.8) is 0 Å². The molecule has 0 saturated carbocycles. The first-order chi connectivity index (χ1) is 7.83. The number of carbonyl (C=O) groups excluding carboxylic acids is 1. The second kappa shape index (κ2) is 7.47. The summed E-state index contributed by atoms with van der Waals surface area (Å²) in [7, 11) is 0. The van der Waals surface area contributed by atoms with Gasteiger partial charge in [-0.15, -0.1) is 0 Å². The van der Waals surface area contributed by atoms with Crippen LogP contribution in [0.2, 0.25) is 0 Å². The number of aryl methyl sites for hydroxylation is 1. The van der Waals surface area contributed by atoms with E-state index in [1.54, 1.807) is 0 Å². The van der Waals surface area contributed by atoms with E-state index in [1.807, 2.05) is 36.4 Å². The van der Waals surface area contributed by atoms with Crippen LogP contribution in [0.15, 0.2) is 30.3 Å². The van der Waals surface area contributed by atoms with Crippen LogP contribution in [-0.2, 0) is 16.0 Å². The van der Waals surface area contributed by atoms with Crippen LogP contribution in [0.5, 0.6) is 0 Å². The van der Waals surface area contributed by atoms with Crippen molar-refractivity contribution < 1.29 is 9.53 Å². The molecule has 0 spiro atoms. The molecule has 1 aromatic rings. The van der Waals surface area contributed by atoms with Crippen LogP contribution >= 0.6 is 0 Å². The van der Waals surface area contributed by atoms with Gasteiger partial charge in [0.1, 0.15) is 6.61 Å². The zero-order chi connectivity index (χ0) is 11.6. The summed E-state index contributed by atoms with van der Waals surface area (Å²) in [6.45, 7) is 0.209. The first-order valence-corrected chi connectivity index (χ1v) is 5.39. The highest BCUT2D eigenvalue weighted by Crippen LogP contribution is 2.05. The first kappa shape index (κ1) is 12.3. The summed E-state index contributed by atoms with van der Waals surface area (Å²) in [5.41, 5.74) is 1.23. The van der Waals surface area contributed by atoms with E-state index in [4.69, 9.17) is 10.00 Å². The van der Waals surface area contributed by atoms with E-state index in [2.05, 4.69) is 0 Å². The van der Waals surface area contributed by atoms with Crippen LogP contribution in [0.4, 0.5) is 0 Å². The van der Waals surface area contributed by atoms with E-state index in [0.29, 0.717) is 6.42 Å². The largest absolute Gasteiger partial charge is 0.465 e. The van der Waals surface area contributed by atoms with Crippen molar-refractivity contribution in [3.8, 4) is 6.07 Å². The van der Waals surface area contributed by atoms with Crippen molar-refractivity contribution in [3.05, 3.63) is 35.9 Å². The molecule has 0 heterocycles. The third-order valence-electron chi connectivity index (χ3n) is 2.17. The molecule has 0 aliphatic heterocycles. The predicted molar refractivity (Wildman–Crippen MR) is 60.6 cm³/mol. The Morgan fingerprint density at radius 2 is 2.06 bits per heavy atom. The zero-order valence-electron chi connectivity index (χ0n) is 9.19. The first-order valence-electron chi connectivity index (χ1n) is 5.39. The maximum atomic E-state index is 11.2. The second-order valence-electron chi connectivity index (χ2n) is 3.47. The smallest absolute Gasteiger partial charge is 0.305 e. The molecule has 0 aromatic heterocycles. The van der Waals surface area contributed by atoms with Gasteiger partial charge in [0.15, 0.2) is 0 Å². The Morgan fingerprint density at radius 1 is 1.31 bits per heavy atom. The highest BCUT2D eigenvalue weighted by Gasteiger charge is 2.02. The predicted octanol–water partition coefficient (Wildman–Crippen LogP) is 2.47. The van der Waals surface area contributed by atoms with Crippen LogP contribution in [0.25, 0.3) is 0 Å². The Bertz CT molecular complexity index is 354. The minimum Gasteiger partial charge on any atom is -0.465 e. The van der Waals surface area contributed by atoms with Gasteiger partial charge in [-0.1, -0.05) is 30.3 Å². The molecule has 3 nitrogen and oxygen atoms in total. The van der Waals surface area contributed by atoms with Crippen molar-refractivity contribution >= 4 is 5.97 Å². The lowest BCUT2D eigenvalue weighted by Gasteiger charge is -2.02. The molecule has 0 amide bonds. The van der Waals surface area contributed by atoms with Gasteiger partial charge in [-0.2, -0.15) is 5.26 Å². The molecule has 0 aliphatic carbocycles. The third kappa shape index (κ3) is 5.16. The number of ether oxygens (including phenoxy) is 1. The summed E-state index contributed by atoms with van der Waals surface area (Å²) in [6.07, 6.45) is 2.36. The van der Waals surface area contributed by atoms with Crippen LogP contribution in [0.3, 0.4) is 0 Å². The number of esters is 1. The molecule has 0 fully saturated rings. The van der Waals surface area contributed by atoms with Gasteiger partial charge in [-0.25, -0.2) is 0 Å². The zero-order valence-corrected chi connectivity index (χ0v) is 9.19. The summed E-state index contributed by atoms with van der Waals surface area (Å²) < 4.78 is 4.86. The van der Waals surface area contributed by atoms with E-state index >= 15 is 0 Å². The summed E-state index contributed by atoms with van der Waals surface area (Å²) >= 11 is 0. The molecule has 1 rings (SSSR count). The van der Waals surface area contributed by atoms with Crippen LogP contribution in [0.1, 0.15) is 24.8 Å². The number of hydrogen-bond donors (Lipinski definition) is 0. The number of hydrogen-bond acceptors (Lipinski definition) is 3. The minimum absolute atomic E-state index is 0.209. The van der Waals surface area contributed by atoms with Gasteiger partial charge in [-0.05, 0) is 18.4 Å². The Morgan fingerprint density at radius 3 is 2.75 bits per heavy atom. The van der Waals surface area contributed by atoms with E-state index in [-0.39, 0.29) is 19.0 Å². The molecular formula is C13H15NO2. The highest BCUT2D eigenvalue weighted by atomic mass is 16.5. The van der Waals surface area contributed by atoms with E-state index < -0.39 is 0 Å². The fraction of sp³-hybridized carbons (Fsp3) is 0.385. The standard InChI is InChI=1S/C13H15NO2/c14-10-5-11-16-13(15)9-4-8-12-6-2-1-3-7-12/h1-3,6-7H,4-5,8-9,11H2. The van der Waals surface area contributed by atoms with Crippen molar-refractivity contribution in [1.29, 1.82) is 5.26 Å². The molecular weight excluding hydrogens is 202 g/mol. The lowest BCUT2D eigenvalue weighted by Crippen LogP contribution is -2.05. The van der Waals surface area contributed by atoms with Crippen molar-refractivity contribution in [2.45, 2.75) is 25.7 Å². The molecule has 84 valence electrons. The number of benzene rings is 1. The van der Waals surface area contributed by atoms with Gasteiger partial charge in [0.2, 0.25) is 0 Å². The van der Waals surface area contributed by atoms with Crippen LogP contribution in [0, 0.1) is 11.3 Å². The van der Waals surface area contributed by atoms with Gasteiger partial charge < -0.3 is 4.74 Å². The van der Waals surface area contributed by atoms with Crippen molar-refractivity contribution in [2.24, 2.45) is 0 Å². The summed E-state index contributed by atoms with van der Waals surface area (Å²) in [5, 5.41) is 8.26. The summed E-state index contributed by atoms with van der Waals surface area (Å²) in [5.74, 6) is -0.216. The quantitative estimate of drug-likeness (QED) is 0.543. The Labute approximate surface area is 95.7 Å². The SMILES string of the molecule is N#CCCOC(=O)CCCc1ccccc1. The molecule has 3 heteroatoms. The van der Waals surface area contributed by atoms with Crippen molar-refractivity contribution in [2.75, 3.05) is 6.61 Å². The number of carbonyl (C=O) groups is 1. The summed E-state index contributed by atoms with van der Waals surface area (Å²) in [6, 6.07) is 12.0. The van der Waals surface area contributed by atoms with Gasteiger partial charge in [0.25, 0.3) is 0 Å². The monoisotopic (exact) mass is 217 g/mol. The van der Waals surface area contributed by atoms with Crippen LogP contribution < -0.4 is 0 Å². The van der Waals surface area contributed by atoms with Crippen molar-refractivity contribution in [1.82, 2.24) is 0 Å². The van der Waals surface area contributed by atoms with Gasteiger partial charge in [0.05, 0.1) is 12.5 Å². The number of rotatable bonds is 6.